The lowest BCUT2D eigenvalue weighted by molar-refractivity contribution is -0.131. The molecule has 0 aliphatic carbocycles. The molecule has 0 radical (unpaired) electrons. The van der Waals surface area contributed by atoms with Gasteiger partial charge >= 0.3 is 6.03 Å². The van der Waals surface area contributed by atoms with Gasteiger partial charge in [0.25, 0.3) is 5.91 Å². The predicted octanol–water partition coefficient (Wildman–Crippen LogP) is 3.70. The van der Waals surface area contributed by atoms with Gasteiger partial charge in [-0.15, -0.1) is 16.3 Å². The van der Waals surface area contributed by atoms with Crippen LogP contribution in [0.2, 0.25) is 0 Å². The van der Waals surface area contributed by atoms with Gasteiger partial charge in [0.05, 0.1) is 10.0 Å². The van der Waals surface area contributed by atoms with E-state index in [1.165, 1.54) is 17.6 Å². The second-order valence-corrected chi connectivity index (χ2v) is 7.55. The molecule has 3 rings (SSSR count). The average molecular weight is 392 g/mol. The number of carbonyl (C=O) groups is 2. The zero-order valence-electron chi connectivity index (χ0n) is 12.3. The Morgan fingerprint density at radius 2 is 2.00 bits per heavy atom. The monoisotopic (exact) mass is 391 g/mol. The van der Waals surface area contributed by atoms with Crippen LogP contribution in [0.3, 0.4) is 0 Å². The van der Waals surface area contributed by atoms with Crippen LogP contribution in [0.4, 0.5) is 4.79 Å². The molecule has 1 N–H and O–H groups in total. The fourth-order valence-corrected chi connectivity index (χ4v) is 3.83. The number of hydrogen-bond donors (Lipinski definition) is 1. The van der Waals surface area contributed by atoms with Crippen LogP contribution in [-0.4, -0.2) is 23.2 Å². The van der Waals surface area contributed by atoms with Gasteiger partial charge < -0.3 is 5.32 Å². The fourth-order valence-electron chi connectivity index (χ4n) is 2.54. The first-order chi connectivity index (χ1) is 11.1. The first kappa shape index (κ1) is 15.9. The number of hydrazone groups is 1. The van der Waals surface area contributed by atoms with Gasteiger partial charge in [0.15, 0.2) is 0 Å². The summed E-state index contributed by atoms with van der Waals surface area (Å²) in [6.45, 7) is 1.87. The van der Waals surface area contributed by atoms with Gasteiger partial charge in [0.2, 0.25) is 0 Å². The lowest BCUT2D eigenvalue weighted by atomic mass is 9.87. The third-order valence-corrected chi connectivity index (χ3v) is 5.32. The maximum absolute atomic E-state index is 12.8. The first-order valence-corrected chi connectivity index (χ1v) is 8.69. The number of thiophene rings is 1. The minimum absolute atomic E-state index is 0.358. The summed E-state index contributed by atoms with van der Waals surface area (Å²) in [5.74, 6) is -0.358. The summed E-state index contributed by atoms with van der Waals surface area (Å²) >= 11 is 4.84. The third kappa shape index (κ3) is 2.82. The Hall–Kier alpha value is -1.99. The molecule has 5 nitrogen and oxygen atoms in total. The molecule has 1 saturated heterocycles. The van der Waals surface area contributed by atoms with Crippen LogP contribution in [0.5, 0.6) is 0 Å². The topological polar surface area (TPSA) is 61.8 Å². The summed E-state index contributed by atoms with van der Waals surface area (Å²) in [7, 11) is 0. The van der Waals surface area contributed by atoms with Crippen molar-refractivity contribution in [2.24, 2.45) is 5.10 Å². The Morgan fingerprint density at radius 1 is 1.26 bits per heavy atom. The van der Waals surface area contributed by atoms with Crippen LogP contribution in [0.25, 0.3) is 0 Å². The van der Waals surface area contributed by atoms with E-state index in [4.69, 9.17) is 0 Å². The molecule has 2 heterocycles. The van der Waals surface area contributed by atoms with Crippen molar-refractivity contribution in [1.29, 1.82) is 0 Å². The van der Waals surface area contributed by atoms with Crippen molar-refractivity contribution in [2.45, 2.75) is 18.9 Å². The van der Waals surface area contributed by atoms with E-state index < -0.39 is 11.6 Å². The van der Waals surface area contributed by atoms with E-state index in [-0.39, 0.29) is 5.91 Å². The van der Waals surface area contributed by atoms with Gasteiger partial charge in [-0.2, -0.15) is 5.10 Å². The number of hydrogen-bond acceptors (Lipinski definition) is 4. The van der Waals surface area contributed by atoms with E-state index in [1.807, 2.05) is 49.4 Å². The first-order valence-electron chi connectivity index (χ1n) is 7.08. The maximum atomic E-state index is 12.8. The Kier molecular flexibility index (Phi) is 4.32. The minimum atomic E-state index is -1.05. The number of amides is 3. The van der Waals surface area contributed by atoms with Crippen LogP contribution < -0.4 is 5.32 Å². The van der Waals surface area contributed by atoms with Gasteiger partial charge in [-0.1, -0.05) is 37.3 Å². The standard InChI is InChI=1S/C16H14BrN3O2S/c1-2-16(11-6-4-3-5-7-11)14(21)20(15(22)19-16)18-10-12-8-9-13(17)23-12/h3-10H,2H2,1H3,(H,19,22)/b18-10-/t16-/m1/s1. The number of rotatable bonds is 4. The van der Waals surface area contributed by atoms with E-state index in [1.54, 1.807) is 0 Å². The highest BCUT2D eigenvalue weighted by atomic mass is 79.9. The molecule has 1 aromatic heterocycles. The van der Waals surface area contributed by atoms with Crippen molar-refractivity contribution >= 4 is 45.4 Å². The molecule has 23 heavy (non-hydrogen) atoms. The van der Waals surface area contributed by atoms with E-state index in [0.29, 0.717) is 6.42 Å². The molecule has 1 atom stereocenters. The second kappa shape index (κ2) is 6.25. The Labute approximate surface area is 146 Å². The van der Waals surface area contributed by atoms with E-state index in [0.717, 1.165) is 19.2 Å². The van der Waals surface area contributed by atoms with Gasteiger partial charge in [0.1, 0.15) is 5.54 Å². The van der Waals surface area contributed by atoms with Gasteiger partial charge in [0, 0.05) is 4.88 Å². The van der Waals surface area contributed by atoms with Crippen molar-refractivity contribution in [3.05, 3.63) is 56.7 Å². The van der Waals surface area contributed by atoms with Crippen LogP contribution in [0, 0.1) is 0 Å². The largest absolute Gasteiger partial charge is 0.346 e. The van der Waals surface area contributed by atoms with Crippen molar-refractivity contribution in [1.82, 2.24) is 10.3 Å². The molecule has 0 spiro atoms. The number of urea groups is 1. The quantitative estimate of drug-likeness (QED) is 0.637. The van der Waals surface area contributed by atoms with Crippen molar-refractivity contribution in [3.63, 3.8) is 0 Å². The highest BCUT2D eigenvalue weighted by Crippen LogP contribution is 2.32. The number of nitrogens with zero attached hydrogens (tertiary/aromatic N) is 2. The lowest BCUT2D eigenvalue weighted by Gasteiger charge is -2.24. The average Bonchev–Trinajstić information content (AvgIpc) is 3.08. The highest BCUT2D eigenvalue weighted by Gasteiger charge is 2.51. The number of imide groups is 1. The SMILES string of the molecule is CC[C@]1(c2ccccc2)NC(=O)N(/N=C\c2ccc(Br)s2)C1=O. The summed E-state index contributed by atoms with van der Waals surface area (Å²) in [6.07, 6.45) is 1.97. The number of nitrogens with one attached hydrogen (secondary N) is 1. The molecule has 1 fully saturated rings. The minimum Gasteiger partial charge on any atom is -0.318 e. The van der Waals surface area contributed by atoms with Crippen molar-refractivity contribution in [3.8, 4) is 0 Å². The van der Waals surface area contributed by atoms with Gasteiger partial charge in [-0.3, -0.25) is 4.79 Å². The Balaban J connectivity index is 1.91. The summed E-state index contributed by atoms with van der Waals surface area (Å²) in [5, 5.41) is 7.77. The molecule has 1 aliphatic heterocycles. The van der Waals surface area contributed by atoms with Crippen LogP contribution in [-0.2, 0) is 10.3 Å². The van der Waals surface area contributed by atoms with Crippen LogP contribution >= 0.6 is 27.3 Å². The lowest BCUT2D eigenvalue weighted by Crippen LogP contribution is -2.43. The molecule has 2 aromatic rings. The predicted molar refractivity (Wildman–Crippen MR) is 93.4 cm³/mol. The molecule has 3 amide bonds. The highest BCUT2D eigenvalue weighted by molar-refractivity contribution is 9.11. The van der Waals surface area contributed by atoms with E-state index in [2.05, 4.69) is 26.3 Å². The molecule has 118 valence electrons. The third-order valence-electron chi connectivity index (χ3n) is 3.76. The van der Waals surface area contributed by atoms with Gasteiger partial charge in [-0.25, -0.2) is 4.79 Å². The molecule has 1 aliphatic rings. The Morgan fingerprint density at radius 3 is 2.61 bits per heavy atom. The zero-order valence-corrected chi connectivity index (χ0v) is 14.7. The van der Waals surface area contributed by atoms with Crippen molar-refractivity contribution in [2.75, 3.05) is 0 Å². The van der Waals surface area contributed by atoms with E-state index >= 15 is 0 Å². The second-order valence-electron chi connectivity index (χ2n) is 5.06. The summed E-state index contributed by atoms with van der Waals surface area (Å²) < 4.78 is 0.961. The van der Waals surface area contributed by atoms with E-state index in [9.17, 15) is 9.59 Å². The summed E-state index contributed by atoms with van der Waals surface area (Å²) in [4.78, 5) is 25.9. The molecule has 0 saturated carbocycles. The molecular weight excluding hydrogens is 378 g/mol. The molecule has 0 unspecified atom stereocenters. The number of halogens is 1. The zero-order chi connectivity index (χ0) is 16.4. The molecular formula is C16H14BrN3O2S. The normalized spacial score (nSPS) is 21.2. The fraction of sp³-hybridized carbons (Fsp3) is 0.188. The molecule has 0 bridgehead atoms. The summed E-state index contributed by atoms with van der Waals surface area (Å²) in [6, 6.07) is 12.5. The maximum Gasteiger partial charge on any atom is 0.346 e. The molecule has 1 aromatic carbocycles. The van der Waals surface area contributed by atoms with Crippen LogP contribution in [0.1, 0.15) is 23.8 Å². The van der Waals surface area contributed by atoms with Crippen LogP contribution in [0.15, 0.2) is 51.4 Å². The number of benzene rings is 1. The van der Waals surface area contributed by atoms with Gasteiger partial charge in [-0.05, 0) is 40.0 Å². The molecule has 7 heteroatoms. The van der Waals surface area contributed by atoms with Crippen molar-refractivity contribution < 1.29 is 9.59 Å². The Bertz CT molecular complexity index is 775. The summed E-state index contributed by atoms with van der Waals surface area (Å²) in [5.41, 5.74) is -0.288. The number of carbonyl (C=O) groups excluding carboxylic acids is 2. The smallest absolute Gasteiger partial charge is 0.318 e.